The molecule has 1 N–H and O–H groups in total. The summed E-state index contributed by atoms with van der Waals surface area (Å²) in [6.07, 6.45) is 3.97. The van der Waals surface area contributed by atoms with Gasteiger partial charge < -0.3 is 9.72 Å². The zero-order valence-corrected chi connectivity index (χ0v) is 16.5. The molecule has 0 bridgehead atoms. The maximum absolute atomic E-state index is 11.9. The molecule has 144 valence electrons. The lowest BCUT2D eigenvalue weighted by Gasteiger charge is -2.06. The molecule has 1 heterocycles. The SMILES string of the molecule is CCOc1ccc(/C=C/c2nc3ccc(-c4ccccc4C(C)=O)cc3[nH]2)cc1. The Labute approximate surface area is 169 Å². The number of imidazole rings is 1. The highest BCUT2D eigenvalue weighted by Crippen LogP contribution is 2.27. The fourth-order valence-corrected chi connectivity index (χ4v) is 3.33. The molecule has 0 spiro atoms. The van der Waals surface area contributed by atoms with Crippen molar-refractivity contribution in [1.29, 1.82) is 0 Å². The molecular formula is C25H22N2O2. The Hall–Kier alpha value is -3.66. The Morgan fingerprint density at radius 3 is 2.59 bits per heavy atom. The number of fused-ring (bicyclic) bond motifs is 1. The third-order valence-electron chi connectivity index (χ3n) is 4.74. The van der Waals surface area contributed by atoms with Crippen LogP contribution in [0.5, 0.6) is 5.75 Å². The number of carbonyl (C=O) groups is 1. The van der Waals surface area contributed by atoms with Gasteiger partial charge in [-0.3, -0.25) is 4.79 Å². The Balaban J connectivity index is 1.61. The van der Waals surface area contributed by atoms with E-state index in [1.54, 1.807) is 6.92 Å². The van der Waals surface area contributed by atoms with Crippen molar-refractivity contribution >= 4 is 29.0 Å². The quantitative estimate of drug-likeness (QED) is 0.416. The molecule has 4 nitrogen and oxygen atoms in total. The first-order chi connectivity index (χ1) is 14.1. The molecule has 0 fully saturated rings. The lowest BCUT2D eigenvalue weighted by Crippen LogP contribution is -1.95. The van der Waals surface area contributed by atoms with Crippen LogP contribution in [0.15, 0.2) is 66.7 Å². The molecule has 0 radical (unpaired) electrons. The third-order valence-corrected chi connectivity index (χ3v) is 4.74. The van der Waals surface area contributed by atoms with Crippen LogP contribution in [0, 0.1) is 0 Å². The van der Waals surface area contributed by atoms with Crippen molar-refractivity contribution in [2.45, 2.75) is 13.8 Å². The topological polar surface area (TPSA) is 55.0 Å². The normalized spacial score (nSPS) is 11.2. The summed E-state index contributed by atoms with van der Waals surface area (Å²) < 4.78 is 5.47. The summed E-state index contributed by atoms with van der Waals surface area (Å²) in [7, 11) is 0. The molecular weight excluding hydrogens is 360 g/mol. The Morgan fingerprint density at radius 2 is 1.83 bits per heavy atom. The molecule has 0 atom stereocenters. The summed E-state index contributed by atoms with van der Waals surface area (Å²) in [5.74, 6) is 1.71. The van der Waals surface area contributed by atoms with Crippen molar-refractivity contribution in [3.63, 3.8) is 0 Å². The van der Waals surface area contributed by atoms with E-state index >= 15 is 0 Å². The minimum Gasteiger partial charge on any atom is -0.494 e. The van der Waals surface area contributed by atoms with E-state index in [1.807, 2.05) is 85.8 Å². The smallest absolute Gasteiger partial charge is 0.160 e. The van der Waals surface area contributed by atoms with Crippen LogP contribution >= 0.6 is 0 Å². The van der Waals surface area contributed by atoms with E-state index in [2.05, 4.69) is 9.97 Å². The molecule has 4 heteroatoms. The summed E-state index contributed by atoms with van der Waals surface area (Å²) >= 11 is 0. The molecule has 4 aromatic rings. The number of nitrogens with one attached hydrogen (secondary N) is 1. The van der Waals surface area contributed by atoms with Crippen molar-refractivity contribution in [2.75, 3.05) is 6.61 Å². The van der Waals surface area contributed by atoms with Gasteiger partial charge in [-0.2, -0.15) is 0 Å². The molecule has 29 heavy (non-hydrogen) atoms. The van der Waals surface area contributed by atoms with Crippen LogP contribution in [0.2, 0.25) is 0 Å². The molecule has 1 aromatic heterocycles. The van der Waals surface area contributed by atoms with Gasteiger partial charge in [-0.15, -0.1) is 0 Å². The summed E-state index contributed by atoms with van der Waals surface area (Å²) in [5.41, 5.74) is 5.55. The highest BCUT2D eigenvalue weighted by atomic mass is 16.5. The van der Waals surface area contributed by atoms with E-state index in [1.165, 1.54) is 0 Å². The van der Waals surface area contributed by atoms with Gasteiger partial charge in [0.1, 0.15) is 11.6 Å². The summed E-state index contributed by atoms with van der Waals surface area (Å²) in [4.78, 5) is 19.9. The number of rotatable bonds is 6. The highest BCUT2D eigenvalue weighted by molar-refractivity contribution is 6.01. The predicted octanol–water partition coefficient (Wildman–Crippen LogP) is 6.00. The van der Waals surface area contributed by atoms with E-state index in [-0.39, 0.29) is 5.78 Å². The number of Topliss-reactive ketones (excluding diaryl/α,β-unsaturated/α-hetero) is 1. The van der Waals surface area contributed by atoms with Crippen molar-refractivity contribution in [3.05, 3.63) is 83.7 Å². The second-order valence-electron chi connectivity index (χ2n) is 6.79. The van der Waals surface area contributed by atoms with Crippen LogP contribution in [-0.2, 0) is 0 Å². The van der Waals surface area contributed by atoms with E-state index in [4.69, 9.17) is 4.74 Å². The number of aromatic amines is 1. The van der Waals surface area contributed by atoms with E-state index in [0.717, 1.165) is 44.9 Å². The first-order valence-electron chi connectivity index (χ1n) is 9.65. The summed E-state index contributed by atoms with van der Waals surface area (Å²) in [6, 6.07) is 21.6. The van der Waals surface area contributed by atoms with Gasteiger partial charge in [0.25, 0.3) is 0 Å². The highest BCUT2D eigenvalue weighted by Gasteiger charge is 2.10. The summed E-state index contributed by atoms with van der Waals surface area (Å²) in [5, 5.41) is 0. The van der Waals surface area contributed by atoms with Gasteiger partial charge in [0.15, 0.2) is 5.78 Å². The van der Waals surface area contributed by atoms with Crippen LogP contribution < -0.4 is 4.74 Å². The van der Waals surface area contributed by atoms with Crippen LogP contribution in [0.25, 0.3) is 34.3 Å². The molecule has 0 aliphatic rings. The Bertz CT molecular complexity index is 1190. The van der Waals surface area contributed by atoms with Gasteiger partial charge in [-0.25, -0.2) is 4.98 Å². The fourth-order valence-electron chi connectivity index (χ4n) is 3.33. The third kappa shape index (κ3) is 4.11. The van der Waals surface area contributed by atoms with Crippen molar-refractivity contribution < 1.29 is 9.53 Å². The number of carbonyl (C=O) groups excluding carboxylic acids is 1. The zero-order chi connectivity index (χ0) is 20.2. The lowest BCUT2D eigenvalue weighted by atomic mass is 9.97. The fraction of sp³-hybridized carbons (Fsp3) is 0.120. The first-order valence-corrected chi connectivity index (χ1v) is 9.65. The Kier molecular flexibility index (Phi) is 5.25. The lowest BCUT2D eigenvalue weighted by molar-refractivity contribution is 0.101. The maximum atomic E-state index is 11.9. The standard InChI is InChI=1S/C25H22N2O2/c1-3-29-20-12-8-18(9-13-20)10-15-25-26-23-14-11-19(16-24(23)27-25)22-7-5-4-6-21(22)17(2)28/h4-16H,3H2,1-2H3,(H,26,27)/b15-10+. The van der Waals surface area contributed by atoms with Crippen molar-refractivity contribution in [3.8, 4) is 16.9 Å². The van der Waals surface area contributed by atoms with Crippen molar-refractivity contribution in [2.24, 2.45) is 0 Å². The average Bonchev–Trinajstić information content (AvgIpc) is 3.15. The molecule has 0 unspecified atom stereocenters. The van der Waals surface area contributed by atoms with E-state index in [0.29, 0.717) is 6.61 Å². The number of nitrogens with zero attached hydrogens (tertiary/aromatic N) is 1. The number of ether oxygens (including phenoxy) is 1. The van der Waals surface area contributed by atoms with Gasteiger partial charge >= 0.3 is 0 Å². The molecule has 0 saturated heterocycles. The number of hydrogen-bond donors (Lipinski definition) is 1. The second kappa shape index (κ2) is 8.15. The number of benzene rings is 3. The number of ketones is 1. The molecule has 0 aliphatic heterocycles. The monoisotopic (exact) mass is 382 g/mol. The minimum absolute atomic E-state index is 0.0595. The van der Waals surface area contributed by atoms with Gasteiger partial charge in [-0.05, 0) is 60.9 Å². The first kappa shape index (κ1) is 18.7. The number of H-pyrrole nitrogens is 1. The molecule has 3 aromatic carbocycles. The van der Waals surface area contributed by atoms with Gasteiger partial charge in [0.05, 0.1) is 17.6 Å². The average molecular weight is 382 g/mol. The van der Waals surface area contributed by atoms with Crippen LogP contribution in [0.1, 0.15) is 35.6 Å². The van der Waals surface area contributed by atoms with Gasteiger partial charge in [0, 0.05) is 5.56 Å². The minimum atomic E-state index is 0.0595. The van der Waals surface area contributed by atoms with Crippen LogP contribution in [-0.4, -0.2) is 22.4 Å². The molecule has 4 rings (SSSR count). The number of aromatic nitrogens is 2. The van der Waals surface area contributed by atoms with E-state index in [9.17, 15) is 4.79 Å². The van der Waals surface area contributed by atoms with Gasteiger partial charge in [-0.1, -0.05) is 48.5 Å². The van der Waals surface area contributed by atoms with Crippen LogP contribution in [0.3, 0.4) is 0 Å². The second-order valence-corrected chi connectivity index (χ2v) is 6.79. The maximum Gasteiger partial charge on any atom is 0.160 e. The summed E-state index contributed by atoms with van der Waals surface area (Å²) in [6.45, 7) is 4.23. The molecule has 0 amide bonds. The largest absolute Gasteiger partial charge is 0.494 e. The van der Waals surface area contributed by atoms with Gasteiger partial charge in [0.2, 0.25) is 0 Å². The predicted molar refractivity (Wildman–Crippen MR) is 118 cm³/mol. The molecule has 0 saturated carbocycles. The van der Waals surface area contributed by atoms with Crippen LogP contribution in [0.4, 0.5) is 0 Å². The zero-order valence-electron chi connectivity index (χ0n) is 16.5. The number of hydrogen-bond acceptors (Lipinski definition) is 3. The Morgan fingerprint density at radius 1 is 1.03 bits per heavy atom. The van der Waals surface area contributed by atoms with Crippen molar-refractivity contribution in [1.82, 2.24) is 9.97 Å². The van der Waals surface area contributed by atoms with E-state index < -0.39 is 0 Å². The molecule has 0 aliphatic carbocycles.